The van der Waals surface area contributed by atoms with E-state index >= 15 is 0 Å². The van der Waals surface area contributed by atoms with Gasteiger partial charge in [0, 0.05) is 16.9 Å². The Kier molecular flexibility index (Phi) is 4.17. The first-order chi connectivity index (χ1) is 7.11. The molecule has 1 aromatic heterocycles. The third-order valence-corrected chi connectivity index (χ3v) is 3.48. The van der Waals surface area contributed by atoms with Crippen LogP contribution in [0.25, 0.3) is 10.9 Å². The minimum Gasteiger partial charge on any atom is -0.268 e. The van der Waals surface area contributed by atoms with Gasteiger partial charge in [-0.15, -0.1) is 0 Å². The second kappa shape index (κ2) is 4.99. The lowest BCUT2D eigenvalue weighted by molar-refractivity contribution is 0.794. The van der Waals surface area contributed by atoms with Gasteiger partial charge in [-0.1, -0.05) is 25.4 Å². The van der Waals surface area contributed by atoms with Gasteiger partial charge in [-0.05, 0) is 34.5 Å². The summed E-state index contributed by atoms with van der Waals surface area (Å²) in [4.78, 5) is 0. The van der Waals surface area contributed by atoms with Gasteiger partial charge in [0.1, 0.15) is 0 Å². The molecule has 0 aliphatic carbocycles. The molecule has 15 heavy (non-hydrogen) atoms. The molecule has 2 aromatic rings. The number of benzene rings is 1. The number of halogens is 2. The highest BCUT2D eigenvalue weighted by atomic mass is 79.9. The lowest BCUT2D eigenvalue weighted by Crippen LogP contribution is -1.91. The molecule has 1 aromatic carbocycles. The molecule has 1 heterocycles. The van der Waals surface area contributed by atoms with Gasteiger partial charge in [0.25, 0.3) is 0 Å². The van der Waals surface area contributed by atoms with E-state index in [4.69, 9.17) is 11.6 Å². The summed E-state index contributed by atoms with van der Waals surface area (Å²) in [5.74, 6) is 0. The molecule has 0 spiro atoms. The van der Waals surface area contributed by atoms with E-state index in [-0.39, 0.29) is 0 Å². The first kappa shape index (κ1) is 12.5. The van der Waals surface area contributed by atoms with E-state index in [2.05, 4.69) is 21.0 Å². The quantitative estimate of drug-likeness (QED) is 0.706. The van der Waals surface area contributed by atoms with Gasteiger partial charge in [0.2, 0.25) is 0 Å². The first-order valence-electron chi connectivity index (χ1n) is 4.87. The molecule has 0 N–H and O–H groups in total. The zero-order valence-corrected chi connectivity index (χ0v) is 11.6. The van der Waals surface area contributed by atoms with Crippen molar-refractivity contribution in [2.75, 3.05) is 0 Å². The molecule has 2 rings (SSSR count). The molecular formula is C11H14BrClN2. The van der Waals surface area contributed by atoms with Crippen LogP contribution in [0.2, 0.25) is 5.02 Å². The van der Waals surface area contributed by atoms with Gasteiger partial charge in [-0.3, -0.25) is 4.68 Å². The molecule has 0 bridgehead atoms. The van der Waals surface area contributed by atoms with Crippen LogP contribution in [0.3, 0.4) is 0 Å². The van der Waals surface area contributed by atoms with Crippen molar-refractivity contribution in [1.82, 2.24) is 9.78 Å². The van der Waals surface area contributed by atoms with Crippen molar-refractivity contribution in [3.8, 4) is 0 Å². The van der Waals surface area contributed by atoms with Gasteiger partial charge < -0.3 is 0 Å². The fourth-order valence-electron chi connectivity index (χ4n) is 1.52. The van der Waals surface area contributed by atoms with Crippen molar-refractivity contribution in [1.29, 1.82) is 0 Å². The van der Waals surface area contributed by atoms with Crippen molar-refractivity contribution < 1.29 is 0 Å². The summed E-state index contributed by atoms with van der Waals surface area (Å²) in [5, 5.41) is 5.98. The largest absolute Gasteiger partial charge is 0.268 e. The lowest BCUT2D eigenvalue weighted by Gasteiger charge is -2.02. The lowest BCUT2D eigenvalue weighted by atomic mass is 10.2. The van der Waals surface area contributed by atoms with Gasteiger partial charge in [-0.2, -0.15) is 5.10 Å². The average molecular weight is 290 g/mol. The Morgan fingerprint density at radius 3 is 2.60 bits per heavy atom. The zero-order chi connectivity index (χ0) is 11.6. The molecule has 0 aliphatic heterocycles. The third-order valence-electron chi connectivity index (χ3n) is 2.10. The molecule has 0 radical (unpaired) electrons. The van der Waals surface area contributed by atoms with Crippen LogP contribution in [0, 0.1) is 6.92 Å². The van der Waals surface area contributed by atoms with Crippen molar-refractivity contribution in [3.63, 3.8) is 0 Å². The molecule has 0 atom stereocenters. The number of fused-ring (bicyclic) bond motifs is 1. The fraction of sp³-hybridized carbons (Fsp3) is 0.364. The van der Waals surface area contributed by atoms with Gasteiger partial charge in [0.05, 0.1) is 16.7 Å². The highest BCUT2D eigenvalue weighted by Crippen LogP contribution is 2.32. The molecule has 0 saturated carbocycles. The van der Waals surface area contributed by atoms with Crippen molar-refractivity contribution in [3.05, 3.63) is 27.3 Å². The molecule has 4 heteroatoms. The second-order valence-corrected chi connectivity index (χ2v) is 4.22. The SMILES string of the molecule is CC.Cc1cc(Cl)c(Br)c2cnn(C)c12. The van der Waals surface area contributed by atoms with E-state index in [1.807, 2.05) is 44.8 Å². The minimum absolute atomic E-state index is 0.734. The topological polar surface area (TPSA) is 17.8 Å². The Labute approximate surface area is 103 Å². The first-order valence-corrected chi connectivity index (χ1v) is 6.04. The summed E-state index contributed by atoms with van der Waals surface area (Å²) >= 11 is 9.46. The molecule has 0 saturated heterocycles. The molecule has 0 aliphatic rings. The monoisotopic (exact) mass is 288 g/mol. The number of hydrogen-bond donors (Lipinski definition) is 0. The van der Waals surface area contributed by atoms with Crippen LogP contribution in [0.1, 0.15) is 19.4 Å². The standard InChI is InChI=1S/C9H8BrClN2.C2H6/c1-5-3-7(11)8(10)6-4-12-13(2)9(5)6;1-2/h3-4H,1-2H3;1-2H3. The van der Waals surface area contributed by atoms with E-state index in [1.165, 1.54) is 0 Å². The number of aryl methyl sites for hydroxylation is 2. The Hall–Kier alpha value is -0.540. The van der Waals surface area contributed by atoms with Crippen LogP contribution in [0.5, 0.6) is 0 Å². The van der Waals surface area contributed by atoms with E-state index in [0.29, 0.717) is 0 Å². The van der Waals surface area contributed by atoms with E-state index in [9.17, 15) is 0 Å². The smallest absolute Gasteiger partial charge is 0.0720 e. The summed E-state index contributed by atoms with van der Waals surface area (Å²) in [6.07, 6.45) is 1.82. The Morgan fingerprint density at radius 2 is 2.00 bits per heavy atom. The Balaban J connectivity index is 0.000000531. The summed E-state index contributed by atoms with van der Waals surface area (Å²) in [7, 11) is 1.93. The minimum atomic E-state index is 0.734. The van der Waals surface area contributed by atoms with Crippen molar-refractivity contribution in [2.24, 2.45) is 7.05 Å². The molecule has 0 amide bonds. The predicted molar refractivity (Wildman–Crippen MR) is 69.5 cm³/mol. The van der Waals surface area contributed by atoms with E-state index < -0.39 is 0 Å². The van der Waals surface area contributed by atoms with Crippen LogP contribution in [-0.4, -0.2) is 9.78 Å². The highest BCUT2D eigenvalue weighted by Gasteiger charge is 2.09. The van der Waals surface area contributed by atoms with Crippen LogP contribution in [-0.2, 0) is 7.05 Å². The normalized spacial score (nSPS) is 10.0. The molecule has 0 unspecified atom stereocenters. The molecule has 82 valence electrons. The number of nitrogens with zero attached hydrogens (tertiary/aromatic N) is 2. The van der Waals surface area contributed by atoms with Gasteiger partial charge in [0.15, 0.2) is 0 Å². The maximum absolute atomic E-state index is 6.02. The molecule has 0 fully saturated rings. The predicted octanol–water partition coefficient (Wildman–Crippen LogP) is 4.32. The van der Waals surface area contributed by atoms with Crippen LogP contribution >= 0.6 is 27.5 Å². The van der Waals surface area contributed by atoms with Crippen molar-refractivity contribution >= 4 is 38.4 Å². The van der Waals surface area contributed by atoms with E-state index in [1.54, 1.807) is 0 Å². The maximum atomic E-state index is 6.02. The number of aromatic nitrogens is 2. The highest BCUT2D eigenvalue weighted by molar-refractivity contribution is 9.10. The average Bonchev–Trinajstić information content (AvgIpc) is 2.61. The zero-order valence-electron chi connectivity index (χ0n) is 9.31. The van der Waals surface area contributed by atoms with Crippen molar-refractivity contribution in [2.45, 2.75) is 20.8 Å². The second-order valence-electron chi connectivity index (χ2n) is 3.02. The number of rotatable bonds is 0. The van der Waals surface area contributed by atoms with Gasteiger partial charge >= 0.3 is 0 Å². The van der Waals surface area contributed by atoms with Crippen LogP contribution in [0.4, 0.5) is 0 Å². The number of hydrogen-bond acceptors (Lipinski definition) is 1. The summed E-state index contributed by atoms with van der Waals surface area (Å²) < 4.78 is 2.77. The molecule has 2 nitrogen and oxygen atoms in total. The summed E-state index contributed by atoms with van der Waals surface area (Å²) in [5.41, 5.74) is 2.26. The summed E-state index contributed by atoms with van der Waals surface area (Å²) in [6, 6.07) is 1.94. The van der Waals surface area contributed by atoms with Crippen LogP contribution in [0.15, 0.2) is 16.7 Å². The maximum Gasteiger partial charge on any atom is 0.0720 e. The Bertz CT molecular complexity index is 477. The fourth-order valence-corrected chi connectivity index (χ4v) is 2.19. The van der Waals surface area contributed by atoms with Gasteiger partial charge in [-0.25, -0.2) is 0 Å². The van der Waals surface area contributed by atoms with E-state index in [0.717, 1.165) is 26.0 Å². The third kappa shape index (κ3) is 2.18. The molecular weight excluding hydrogens is 275 g/mol. The Morgan fingerprint density at radius 1 is 1.40 bits per heavy atom. The van der Waals surface area contributed by atoms with Crippen LogP contribution < -0.4 is 0 Å². The summed E-state index contributed by atoms with van der Waals surface area (Å²) in [6.45, 7) is 6.03.